The quantitative estimate of drug-likeness (QED) is 0.755. The Morgan fingerprint density at radius 2 is 2.05 bits per heavy atom. The third-order valence-corrected chi connectivity index (χ3v) is 3.70. The molecule has 0 spiro atoms. The Hall–Kier alpha value is -1.96. The fourth-order valence-electron chi connectivity index (χ4n) is 2.16. The van der Waals surface area contributed by atoms with Gasteiger partial charge in [0.05, 0.1) is 18.8 Å². The predicted molar refractivity (Wildman–Crippen MR) is 76.8 cm³/mol. The summed E-state index contributed by atoms with van der Waals surface area (Å²) in [6, 6.07) is 0.265. The Kier molecular flexibility index (Phi) is 4.89. The fourth-order valence-corrected chi connectivity index (χ4v) is 2.16. The molecule has 0 saturated carbocycles. The molecule has 8 heteroatoms. The van der Waals surface area contributed by atoms with Crippen molar-refractivity contribution >= 4 is 11.8 Å². The molecule has 1 aliphatic heterocycles. The van der Waals surface area contributed by atoms with Crippen LogP contribution >= 0.6 is 0 Å². The number of nitrogens with one attached hydrogen (secondary N) is 1. The third kappa shape index (κ3) is 3.38. The zero-order valence-corrected chi connectivity index (χ0v) is 12.7. The third-order valence-electron chi connectivity index (χ3n) is 3.70. The molecule has 21 heavy (non-hydrogen) atoms. The number of rotatable bonds is 6. The number of hydrogen-bond donors (Lipinski definition) is 1. The lowest BCUT2D eigenvalue weighted by atomic mass is 10.2. The first-order chi connectivity index (χ1) is 10.1. The van der Waals surface area contributed by atoms with Crippen molar-refractivity contribution in [2.45, 2.75) is 19.9 Å². The van der Waals surface area contributed by atoms with E-state index in [1.54, 1.807) is 22.8 Å². The minimum atomic E-state index is -0.283. The van der Waals surface area contributed by atoms with E-state index in [2.05, 4.69) is 15.6 Å². The molecule has 1 aromatic rings. The smallest absolute Gasteiger partial charge is 0.276 e. The Morgan fingerprint density at radius 1 is 1.38 bits per heavy atom. The van der Waals surface area contributed by atoms with Crippen LogP contribution < -0.4 is 5.32 Å². The molecule has 8 nitrogen and oxygen atoms in total. The van der Waals surface area contributed by atoms with E-state index in [1.165, 1.54) is 4.90 Å². The van der Waals surface area contributed by atoms with Gasteiger partial charge in [0.15, 0.2) is 5.69 Å². The Bertz CT molecular complexity index is 507. The zero-order chi connectivity index (χ0) is 15.4. The molecule has 0 aliphatic carbocycles. The molecular weight excluding hydrogens is 272 g/mol. The van der Waals surface area contributed by atoms with Crippen LogP contribution in [0.3, 0.4) is 0 Å². The van der Waals surface area contributed by atoms with E-state index in [0.29, 0.717) is 13.1 Å². The molecular formula is C13H22N6O2. The topological polar surface area (TPSA) is 83.4 Å². The van der Waals surface area contributed by atoms with Crippen LogP contribution in [0.5, 0.6) is 0 Å². The van der Waals surface area contributed by atoms with E-state index in [9.17, 15) is 9.59 Å². The SMILES string of the molecule is CCN(CC)C(=O)CN(C)C(=O)c1cn(C2CNC2)nn1. The highest BCUT2D eigenvalue weighted by atomic mass is 16.2. The van der Waals surface area contributed by atoms with Crippen molar-refractivity contribution in [3.8, 4) is 0 Å². The first-order valence-electron chi connectivity index (χ1n) is 7.22. The summed E-state index contributed by atoms with van der Waals surface area (Å²) in [5.74, 6) is -0.347. The van der Waals surface area contributed by atoms with E-state index in [-0.39, 0.29) is 30.1 Å². The molecule has 1 N–H and O–H groups in total. The highest BCUT2D eigenvalue weighted by molar-refractivity contribution is 5.94. The molecule has 1 fully saturated rings. The summed E-state index contributed by atoms with van der Waals surface area (Å²) >= 11 is 0. The number of likely N-dealkylation sites (N-methyl/N-ethyl adjacent to an activating group) is 2. The molecule has 0 atom stereocenters. The number of hydrogen-bond acceptors (Lipinski definition) is 5. The van der Waals surface area contributed by atoms with Crippen LogP contribution in [0, 0.1) is 0 Å². The Balaban J connectivity index is 1.95. The minimum absolute atomic E-state index is 0.0539. The van der Waals surface area contributed by atoms with Crippen molar-refractivity contribution in [2.24, 2.45) is 0 Å². The van der Waals surface area contributed by atoms with Crippen LogP contribution in [0.1, 0.15) is 30.4 Å². The van der Waals surface area contributed by atoms with Crippen LogP contribution in [0.15, 0.2) is 6.20 Å². The predicted octanol–water partition coefficient (Wildman–Crippen LogP) is -0.637. The van der Waals surface area contributed by atoms with Crippen LogP contribution in [0.2, 0.25) is 0 Å². The standard InChI is InChI=1S/C13H22N6O2/c1-4-18(5-2)12(20)9-17(3)13(21)11-8-19(16-15-11)10-6-14-7-10/h8,10,14H,4-7,9H2,1-3H3. The molecule has 2 amide bonds. The van der Waals surface area contributed by atoms with Gasteiger partial charge in [0, 0.05) is 33.2 Å². The molecule has 1 saturated heterocycles. The molecule has 1 aromatic heterocycles. The van der Waals surface area contributed by atoms with E-state index in [4.69, 9.17) is 0 Å². The van der Waals surface area contributed by atoms with Crippen molar-refractivity contribution < 1.29 is 9.59 Å². The Morgan fingerprint density at radius 3 is 2.57 bits per heavy atom. The Labute approximate surface area is 124 Å². The molecule has 2 rings (SSSR count). The largest absolute Gasteiger partial charge is 0.342 e. The van der Waals surface area contributed by atoms with E-state index >= 15 is 0 Å². The normalized spacial score (nSPS) is 14.6. The second kappa shape index (κ2) is 6.66. The van der Waals surface area contributed by atoms with Gasteiger partial charge in [-0.25, -0.2) is 4.68 Å². The maximum atomic E-state index is 12.2. The summed E-state index contributed by atoms with van der Waals surface area (Å²) in [5, 5.41) is 11.0. The van der Waals surface area contributed by atoms with Gasteiger partial charge in [-0.15, -0.1) is 5.10 Å². The average Bonchev–Trinajstić information content (AvgIpc) is 2.86. The van der Waals surface area contributed by atoms with E-state index in [1.807, 2.05) is 13.8 Å². The lowest BCUT2D eigenvalue weighted by Crippen LogP contribution is -2.43. The maximum Gasteiger partial charge on any atom is 0.276 e. The van der Waals surface area contributed by atoms with Gasteiger partial charge in [-0.2, -0.15) is 0 Å². The molecule has 1 aliphatic rings. The number of nitrogens with zero attached hydrogens (tertiary/aromatic N) is 5. The molecule has 116 valence electrons. The summed E-state index contributed by atoms with van der Waals surface area (Å²) in [6.45, 7) is 6.85. The number of amides is 2. The second-order valence-electron chi connectivity index (χ2n) is 5.12. The number of carbonyl (C=O) groups excluding carboxylic acids is 2. The van der Waals surface area contributed by atoms with Gasteiger partial charge in [-0.1, -0.05) is 5.21 Å². The molecule has 0 aromatic carbocycles. The molecule has 2 heterocycles. The van der Waals surface area contributed by atoms with Crippen molar-refractivity contribution in [1.82, 2.24) is 30.1 Å². The fraction of sp³-hybridized carbons (Fsp3) is 0.692. The van der Waals surface area contributed by atoms with E-state index < -0.39 is 0 Å². The van der Waals surface area contributed by atoms with Gasteiger partial charge in [-0.3, -0.25) is 9.59 Å². The van der Waals surface area contributed by atoms with Crippen LogP contribution in [-0.2, 0) is 4.79 Å². The van der Waals surface area contributed by atoms with Crippen molar-refractivity contribution in [3.05, 3.63) is 11.9 Å². The van der Waals surface area contributed by atoms with Gasteiger partial charge in [0.2, 0.25) is 5.91 Å². The number of aromatic nitrogens is 3. The summed E-state index contributed by atoms with van der Waals surface area (Å²) < 4.78 is 1.70. The lowest BCUT2D eigenvalue weighted by Gasteiger charge is -2.26. The summed E-state index contributed by atoms with van der Waals surface area (Å²) in [7, 11) is 1.60. The highest BCUT2D eigenvalue weighted by Crippen LogP contribution is 2.10. The summed E-state index contributed by atoms with van der Waals surface area (Å²) in [4.78, 5) is 27.3. The lowest BCUT2D eigenvalue weighted by molar-refractivity contribution is -0.131. The van der Waals surface area contributed by atoms with Crippen molar-refractivity contribution in [2.75, 3.05) is 39.8 Å². The molecule has 0 unspecified atom stereocenters. The minimum Gasteiger partial charge on any atom is -0.342 e. The summed E-state index contributed by atoms with van der Waals surface area (Å²) in [6.07, 6.45) is 1.65. The van der Waals surface area contributed by atoms with Crippen LogP contribution in [0.25, 0.3) is 0 Å². The van der Waals surface area contributed by atoms with Gasteiger partial charge in [0.25, 0.3) is 5.91 Å². The van der Waals surface area contributed by atoms with Gasteiger partial charge >= 0.3 is 0 Å². The first-order valence-corrected chi connectivity index (χ1v) is 7.22. The highest BCUT2D eigenvalue weighted by Gasteiger charge is 2.24. The first kappa shape index (κ1) is 15.4. The second-order valence-corrected chi connectivity index (χ2v) is 5.12. The number of carbonyl (C=O) groups is 2. The van der Waals surface area contributed by atoms with Crippen molar-refractivity contribution in [1.29, 1.82) is 0 Å². The van der Waals surface area contributed by atoms with E-state index in [0.717, 1.165) is 13.1 Å². The van der Waals surface area contributed by atoms with Gasteiger partial charge in [0.1, 0.15) is 0 Å². The van der Waals surface area contributed by atoms with Crippen molar-refractivity contribution in [3.63, 3.8) is 0 Å². The average molecular weight is 294 g/mol. The monoisotopic (exact) mass is 294 g/mol. The van der Waals surface area contributed by atoms with Crippen LogP contribution in [-0.4, -0.2) is 76.4 Å². The molecule has 0 radical (unpaired) electrons. The van der Waals surface area contributed by atoms with Crippen LogP contribution in [0.4, 0.5) is 0 Å². The molecule has 0 bridgehead atoms. The maximum absolute atomic E-state index is 12.2. The van der Waals surface area contributed by atoms with Gasteiger partial charge < -0.3 is 15.1 Å². The summed E-state index contributed by atoms with van der Waals surface area (Å²) in [5.41, 5.74) is 0.275. The van der Waals surface area contributed by atoms with Gasteiger partial charge in [-0.05, 0) is 13.8 Å². The zero-order valence-electron chi connectivity index (χ0n) is 12.7.